The molecule has 1 fully saturated rings. The largest absolute Gasteiger partial charge is 0.496 e. The third kappa shape index (κ3) is 3.58. The number of morpholine rings is 1. The van der Waals surface area contributed by atoms with E-state index in [9.17, 15) is 4.79 Å². The van der Waals surface area contributed by atoms with Crippen LogP contribution in [0, 0.1) is 0 Å². The molecule has 1 atom stereocenters. The van der Waals surface area contributed by atoms with Crippen LogP contribution < -0.4 is 4.74 Å². The molecule has 110 valence electrons. The number of methoxy groups -OCH3 is 1. The molecule has 2 rings (SSSR count). The van der Waals surface area contributed by atoms with Crippen LogP contribution in [0.1, 0.15) is 30.9 Å². The molecular weight excluding hydrogens is 254 g/mol. The van der Waals surface area contributed by atoms with E-state index in [0.717, 1.165) is 25.1 Å². The Morgan fingerprint density at radius 1 is 1.50 bits per heavy atom. The molecule has 0 saturated carbocycles. The summed E-state index contributed by atoms with van der Waals surface area (Å²) >= 11 is 0. The van der Waals surface area contributed by atoms with Crippen molar-refractivity contribution in [3.05, 3.63) is 29.3 Å². The molecule has 1 aromatic carbocycles. The number of nitrogens with zero attached hydrogens (tertiary/aromatic N) is 1. The second-order valence-corrected chi connectivity index (χ2v) is 5.51. The van der Waals surface area contributed by atoms with Gasteiger partial charge in [-0.05, 0) is 17.5 Å². The predicted molar refractivity (Wildman–Crippen MR) is 78.2 cm³/mol. The Morgan fingerprint density at radius 3 is 2.95 bits per heavy atom. The van der Waals surface area contributed by atoms with Crippen molar-refractivity contribution < 1.29 is 14.3 Å². The number of benzene rings is 1. The van der Waals surface area contributed by atoms with Crippen LogP contribution in [0.4, 0.5) is 0 Å². The molecule has 1 aliphatic rings. The number of rotatable bonds is 5. The summed E-state index contributed by atoms with van der Waals surface area (Å²) in [6.45, 7) is 7.26. The van der Waals surface area contributed by atoms with Gasteiger partial charge in [0.15, 0.2) is 0 Å². The zero-order valence-electron chi connectivity index (χ0n) is 12.5. The highest BCUT2D eigenvalue weighted by Crippen LogP contribution is 2.25. The van der Waals surface area contributed by atoms with Crippen LogP contribution in [0.15, 0.2) is 18.2 Å². The summed E-state index contributed by atoms with van der Waals surface area (Å²) in [5, 5.41) is 0. The van der Waals surface area contributed by atoms with E-state index in [-0.39, 0.29) is 6.10 Å². The van der Waals surface area contributed by atoms with Crippen LogP contribution >= 0.6 is 0 Å². The second kappa shape index (κ2) is 6.86. The first-order chi connectivity index (χ1) is 9.63. The zero-order chi connectivity index (χ0) is 14.5. The smallest absolute Gasteiger partial charge is 0.150 e. The fourth-order valence-corrected chi connectivity index (χ4v) is 2.48. The summed E-state index contributed by atoms with van der Waals surface area (Å²) in [5.41, 5.74) is 2.48. The highest BCUT2D eigenvalue weighted by molar-refractivity contribution is 5.56. The molecular formula is C16H23NO3. The fraction of sp³-hybridized carbons (Fsp3) is 0.562. The summed E-state index contributed by atoms with van der Waals surface area (Å²) in [5.74, 6) is 1.40. The minimum Gasteiger partial charge on any atom is -0.496 e. The van der Waals surface area contributed by atoms with Crippen LogP contribution in [0.25, 0.3) is 0 Å². The number of carbonyl (C=O) groups is 1. The maximum atomic E-state index is 10.8. The quantitative estimate of drug-likeness (QED) is 0.774. The second-order valence-electron chi connectivity index (χ2n) is 5.51. The molecule has 0 aliphatic carbocycles. The fourth-order valence-electron chi connectivity index (χ4n) is 2.48. The Hall–Kier alpha value is -1.39. The third-order valence-corrected chi connectivity index (χ3v) is 3.69. The molecule has 1 saturated heterocycles. The SMILES string of the molecule is COc1ccc(C(C)C)cc1CN1CCOC(C=O)C1. The van der Waals surface area contributed by atoms with E-state index in [1.54, 1.807) is 7.11 Å². The number of carbonyl (C=O) groups excluding carboxylic acids is 1. The van der Waals surface area contributed by atoms with Gasteiger partial charge in [0.25, 0.3) is 0 Å². The van der Waals surface area contributed by atoms with Crippen LogP contribution in [0.3, 0.4) is 0 Å². The maximum absolute atomic E-state index is 10.8. The number of ether oxygens (including phenoxy) is 2. The van der Waals surface area contributed by atoms with Gasteiger partial charge in [-0.25, -0.2) is 0 Å². The number of aldehydes is 1. The van der Waals surface area contributed by atoms with Crippen molar-refractivity contribution in [1.29, 1.82) is 0 Å². The van der Waals surface area contributed by atoms with Crippen LogP contribution in [-0.4, -0.2) is 44.1 Å². The molecule has 0 bridgehead atoms. The molecule has 0 N–H and O–H groups in total. The molecule has 0 amide bonds. The molecule has 4 heteroatoms. The molecule has 1 aliphatic heterocycles. The Bertz CT molecular complexity index is 459. The minimum absolute atomic E-state index is 0.303. The Kier molecular flexibility index (Phi) is 5.15. The van der Waals surface area contributed by atoms with E-state index < -0.39 is 0 Å². The van der Waals surface area contributed by atoms with E-state index in [1.807, 2.05) is 6.07 Å². The van der Waals surface area contributed by atoms with Gasteiger partial charge in [-0.3, -0.25) is 4.90 Å². The molecule has 20 heavy (non-hydrogen) atoms. The van der Waals surface area contributed by atoms with Gasteiger partial charge in [0, 0.05) is 25.2 Å². The van der Waals surface area contributed by atoms with Gasteiger partial charge in [0.1, 0.15) is 18.1 Å². The van der Waals surface area contributed by atoms with Crippen molar-refractivity contribution in [2.75, 3.05) is 26.8 Å². The monoisotopic (exact) mass is 277 g/mol. The lowest BCUT2D eigenvalue weighted by Gasteiger charge is -2.30. The summed E-state index contributed by atoms with van der Waals surface area (Å²) < 4.78 is 10.8. The number of hydrogen-bond acceptors (Lipinski definition) is 4. The van der Waals surface area contributed by atoms with Crippen molar-refractivity contribution in [3.8, 4) is 5.75 Å². The Morgan fingerprint density at radius 2 is 2.30 bits per heavy atom. The van der Waals surface area contributed by atoms with Gasteiger partial charge in [0.2, 0.25) is 0 Å². The zero-order valence-corrected chi connectivity index (χ0v) is 12.5. The molecule has 0 aromatic heterocycles. The van der Waals surface area contributed by atoms with Gasteiger partial charge in [-0.15, -0.1) is 0 Å². The van der Waals surface area contributed by atoms with Gasteiger partial charge < -0.3 is 14.3 Å². The molecule has 0 radical (unpaired) electrons. The van der Waals surface area contributed by atoms with Crippen molar-refractivity contribution in [1.82, 2.24) is 4.90 Å². The lowest BCUT2D eigenvalue weighted by atomic mass is 10.00. The van der Waals surface area contributed by atoms with Crippen molar-refractivity contribution in [2.45, 2.75) is 32.4 Å². The highest BCUT2D eigenvalue weighted by atomic mass is 16.5. The van der Waals surface area contributed by atoms with E-state index in [4.69, 9.17) is 9.47 Å². The first kappa shape index (κ1) is 15.0. The summed E-state index contributed by atoms with van der Waals surface area (Å²) in [7, 11) is 1.70. The molecule has 4 nitrogen and oxygen atoms in total. The van der Waals surface area contributed by atoms with E-state index in [2.05, 4.69) is 30.9 Å². The summed E-state index contributed by atoms with van der Waals surface area (Å²) in [6.07, 6.45) is 0.580. The standard InChI is InChI=1S/C16H23NO3/c1-12(2)13-4-5-16(19-3)14(8-13)9-17-6-7-20-15(10-17)11-18/h4-5,8,11-12,15H,6-7,9-10H2,1-3H3. The predicted octanol–water partition coefficient (Wildman–Crippen LogP) is 2.22. The number of hydrogen-bond donors (Lipinski definition) is 0. The summed E-state index contributed by atoms with van der Waals surface area (Å²) in [4.78, 5) is 13.1. The Balaban J connectivity index is 2.14. The van der Waals surface area contributed by atoms with Crippen molar-refractivity contribution in [3.63, 3.8) is 0 Å². The minimum atomic E-state index is -0.303. The van der Waals surface area contributed by atoms with Crippen molar-refractivity contribution >= 4 is 6.29 Å². The maximum Gasteiger partial charge on any atom is 0.150 e. The van der Waals surface area contributed by atoms with Gasteiger partial charge in [-0.1, -0.05) is 26.0 Å². The normalized spacial score (nSPS) is 20.1. The van der Waals surface area contributed by atoms with E-state index in [0.29, 0.717) is 19.1 Å². The van der Waals surface area contributed by atoms with Crippen LogP contribution in [0.5, 0.6) is 5.75 Å². The average molecular weight is 277 g/mol. The molecule has 1 heterocycles. The van der Waals surface area contributed by atoms with E-state index in [1.165, 1.54) is 11.1 Å². The highest BCUT2D eigenvalue weighted by Gasteiger charge is 2.21. The van der Waals surface area contributed by atoms with Crippen LogP contribution in [-0.2, 0) is 16.1 Å². The average Bonchev–Trinajstić information content (AvgIpc) is 2.47. The topological polar surface area (TPSA) is 38.8 Å². The summed E-state index contributed by atoms with van der Waals surface area (Å²) in [6, 6.07) is 6.34. The third-order valence-electron chi connectivity index (χ3n) is 3.69. The molecule has 1 aromatic rings. The van der Waals surface area contributed by atoms with Gasteiger partial charge in [-0.2, -0.15) is 0 Å². The van der Waals surface area contributed by atoms with Crippen LogP contribution in [0.2, 0.25) is 0 Å². The first-order valence-electron chi connectivity index (χ1n) is 7.10. The van der Waals surface area contributed by atoms with Gasteiger partial charge >= 0.3 is 0 Å². The Labute approximate surface area is 120 Å². The first-order valence-corrected chi connectivity index (χ1v) is 7.10. The van der Waals surface area contributed by atoms with E-state index >= 15 is 0 Å². The lowest BCUT2D eigenvalue weighted by Crippen LogP contribution is -2.42. The molecule has 0 spiro atoms. The molecule has 1 unspecified atom stereocenters. The van der Waals surface area contributed by atoms with Crippen molar-refractivity contribution in [2.24, 2.45) is 0 Å². The van der Waals surface area contributed by atoms with Gasteiger partial charge in [0.05, 0.1) is 13.7 Å². The lowest BCUT2D eigenvalue weighted by molar-refractivity contribution is -0.123.